The maximum absolute atomic E-state index is 11.8. The van der Waals surface area contributed by atoms with Gasteiger partial charge in [-0.1, -0.05) is 12.1 Å². The number of methoxy groups -OCH3 is 1. The number of amides is 1. The first-order valence-electron chi connectivity index (χ1n) is 8.94. The Morgan fingerprint density at radius 1 is 1.20 bits per heavy atom. The molecule has 0 unspecified atom stereocenters. The van der Waals surface area contributed by atoms with Crippen molar-refractivity contribution in [1.82, 2.24) is 9.80 Å². The fourth-order valence-corrected chi connectivity index (χ4v) is 3.56. The molecule has 2 aliphatic heterocycles. The lowest BCUT2D eigenvalue weighted by Crippen LogP contribution is -2.46. The molecule has 0 bridgehead atoms. The van der Waals surface area contributed by atoms with E-state index in [9.17, 15) is 4.79 Å². The van der Waals surface area contributed by atoms with Crippen molar-refractivity contribution in [3.63, 3.8) is 0 Å². The number of nitrogens with zero attached hydrogens (tertiary/aromatic N) is 2. The number of fused-ring (bicyclic) bond motifs is 1. The molecule has 0 saturated carbocycles. The molecule has 1 aromatic carbocycles. The molecule has 0 spiro atoms. The molecule has 2 atom stereocenters. The zero-order valence-corrected chi connectivity index (χ0v) is 15.1. The molecule has 2 saturated heterocycles. The quantitative estimate of drug-likeness (QED) is 0.727. The van der Waals surface area contributed by atoms with Crippen LogP contribution in [0.1, 0.15) is 12.0 Å². The van der Waals surface area contributed by atoms with E-state index in [1.807, 2.05) is 19.2 Å². The van der Waals surface area contributed by atoms with Gasteiger partial charge in [0, 0.05) is 46.3 Å². The SMILES string of the molecule is COCCOc1ccc(CN2CC[C@@H]3OCC(=O)N(C)C[C@H]3C2)cc1. The molecule has 0 N–H and O–H groups in total. The van der Waals surface area contributed by atoms with Crippen LogP contribution in [0.5, 0.6) is 5.75 Å². The van der Waals surface area contributed by atoms with E-state index in [0.29, 0.717) is 19.1 Å². The van der Waals surface area contributed by atoms with E-state index in [4.69, 9.17) is 14.2 Å². The number of ether oxygens (including phenoxy) is 3. The molecule has 2 heterocycles. The van der Waals surface area contributed by atoms with Gasteiger partial charge in [0.05, 0.1) is 12.7 Å². The molecule has 25 heavy (non-hydrogen) atoms. The zero-order chi connectivity index (χ0) is 17.6. The van der Waals surface area contributed by atoms with Crippen molar-refractivity contribution in [2.75, 3.05) is 53.6 Å². The topological polar surface area (TPSA) is 51.2 Å². The highest BCUT2D eigenvalue weighted by Crippen LogP contribution is 2.25. The van der Waals surface area contributed by atoms with E-state index < -0.39 is 0 Å². The minimum Gasteiger partial charge on any atom is -0.491 e. The highest BCUT2D eigenvalue weighted by Gasteiger charge is 2.34. The molecule has 6 heteroatoms. The second kappa shape index (κ2) is 8.65. The minimum absolute atomic E-state index is 0.0880. The average Bonchev–Trinajstić information content (AvgIpc) is 2.75. The molecule has 6 nitrogen and oxygen atoms in total. The van der Waals surface area contributed by atoms with Gasteiger partial charge in [0.25, 0.3) is 0 Å². The highest BCUT2D eigenvalue weighted by atomic mass is 16.5. The summed E-state index contributed by atoms with van der Waals surface area (Å²) in [6, 6.07) is 8.26. The van der Waals surface area contributed by atoms with Gasteiger partial charge in [-0.25, -0.2) is 0 Å². The van der Waals surface area contributed by atoms with Crippen LogP contribution in [0, 0.1) is 5.92 Å². The van der Waals surface area contributed by atoms with E-state index in [-0.39, 0.29) is 18.6 Å². The molecule has 1 aromatic rings. The largest absolute Gasteiger partial charge is 0.491 e. The molecule has 0 aliphatic carbocycles. The summed E-state index contributed by atoms with van der Waals surface area (Å²) in [6.45, 7) is 5.06. The lowest BCUT2D eigenvalue weighted by Gasteiger charge is -2.37. The number of piperidine rings is 1. The van der Waals surface area contributed by atoms with E-state index in [1.54, 1.807) is 12.0 Å². The highest BCUT2D eigenvalue weighted by molar-refractivity contribution is 5.77. The number of hydrogen-bond acceptors (Lipinski definition) is 5. The van der Waals surface area contributed by atoms with Crippen molar-refractivity contribution in [1.29, 1.82) is 0 Å². The van der Waals surface area contributed by atoms with Gasteiger partial charge in [-0.05, 0) is 24.1 Å². The Morgan fingerprint density at radius 3 is 2.76 bits per heavy atom. The summed E-state index contributed by atoms with van der Waals surface area (Å²) in [5, 5.41) is 0. The number of rotatable bonds is 6. The molecule has 2 fully saturated rings. The Kier molecular flexibility index (Phi) is 6.29. The Labute approximate surface area is 149 Å². The van der Waals surface area contributed by atoms with Crippen LogP contribution < -0.4 is 4.74 Å². The minimum atomic E-state index is 0.0880. The van der Waals surface area contributed by atoms with Crippen molar-refractivity contribution in [3.05, 3.63) is 29.8 Å². The fourth-order valence-electron chi connectivity index (χ4n) is 3.56. The van der Waals surface area contributed by atoms with Crippen LogP contribution >= 0.6 is 0 Å². The first-order chi connectivity index (χ1) is 12.2. The van der Waals surface area contributed by atoms with Crippen molar-refractivity contribution < 1.29 is 19.0 Å². The van der Waals surface area contributed by atoms with Crippen molar-refractivity contribution in [2.24, 2.45) is 5.92 Å². The molecular weight excluding hydrogens is 320 g/mol. The van der Waals surface area contributed by atoms with Crippen molar-refractivity contribution in [2.45, 2.75) is 19.1 Å². The van der Waals surface area contributed by atoms with E-state index >= 15 is 0 Å². The van der Waals surface area contributed by atoms with Crippen LogP contribution in [0.3, 0.4) is 0 Å². The Hall–Kier alpha value is -1.63. The molecular formula is C19H28N2O4. The number of likely N-dealkylation sites (tertiary alicyclic amines) is 1. The maximum atomic E-state index is 11.8. The molecule has 138 valence electrons. The average molecular weight is 348 g/mol. The lowest BCUT2D eigenvalue weighted by atomic mass is 9.94. The van der Waals surface area contributed by atoms with E-state index in [1.165, 1.54) is 5.56 Å². The summed E-state index contributed by atoms with van der Waals surface area (Å²) in [5.41, 5.74) is 1.27. The Balaban J connectivity index is 1.52. The second-order valence-electron chi connectivity index (χ2n) is 6.89. The van der Waals surface area contributed by atoms with Crippen LogP contribution in [-0.4, -0.2) is 75.4 Å². The first kappa shape index (κ1) is 18.2. The van der Waals surface area contributed by atoms with Crippen LogP contribution in [0.25, 0.3) is 0 Å². The summed E-state index contributed by atoms with van der Waals surface area (Å²) in [7, 11) is 3.54. The van der Waals surface area contributed by atoms with Gasteiger partial charge in [0.15, 0.2) is 0 Å². The Morgan fingerprint density at radius 2 is 2.00 bits per heavy atom. The number of hydrogen-bond donors (Lipinski definition) is 0. The number of likely N-dealkylation sites (N-methyl/N-ethyl adjacent to an activating group) is 1. The van der Waals surface area contributed by atoms with Gasteiger partial charge in [0.2, 0.25) is 5.91 Å². The van der Waals surface area contributed by atoms with Crippen LogP contribution in [0.15, 0.2) is 24.3 Å². The van der Waals surface area contributed by atoms with Gasteiger partial charge in [-0.2, -0.15) is 0 Å². The lowest BCUT2D eigenvalue weighted by molar-refractivity contribution is -0.133. The zero-order valence-electron chi connectivity index (χ0n) is 15.1. The Bertz CT molecular complexity index is 563. The van der Waals surface area contributed by atoms with Gasteiger partial charge in [0.1, 0.15) is 19.0 Å². The number of carbonyl (C=O) groups is 1. The smallest absolute Gasteiger partial charge is 0.248 e. The second-order valence-corrected chi connectivity index (χ2v) is 6.89. The van der Waals surface area contributed by atoms with Gasteiger partial charge < -0.3 is 19.1 Å². The van der Waals surface area contributed by atoms with Gasteiger partial charge in [-0.15, -0.1) is 0 Å². The predicted octanol–water partition coefficient (Wildman–Crippen LogP) is 1.39. The third-order valence-corrected chi connectivity index (χ3v) is 4.99. The van der Waals surface area contributed by atoms with Crippen LogP contribution in [0.2, 0.25) is 0 Å². The summed E-state index contributed by atoms with van der Waals surface area (Å²) in [5.74, 6) is 1.35. The van der Waals surface area contributed by atoms with Crippen LogP contribution in [-0.2, 0) is 20.8 Å². The molecule has 3 rings (SSSR count). The standard InChI is InChI=1S/C19H28N2O4/c1-20-12-16-13-21(8-7-18(16)25-14-19(20)22)11-15-3-5-17(6-4-15)24-10-9-23-2/h3-6,16,18H,7-14H2,1-2H3/t16-,18-/m0/s1. The third kappa shape index (κ3) is 4.93. The molecule has 0 radical (unpaired) electrons. The molecule has 2 aliphatic rings. The molecule has 1 amide bonds. The summed E-state index contributed by atoms with van der Waals surface area (Å²) in [4.78, 5) is 16.1. The number of carbonyl (C=O) groups excluding carboxylic acids is 1. The monoisotopic (exact) mass is 348 g/mol. The third-order valence-electron chi connectivity index (χ3n) is 4.99. The first-order valence-corrected chi connectivity index (χ1v) is 8.94. The van der Waals surface area contributed by atoms with E-state index in [0.717, 1.165) is 38.3 Å². The fraction of sp³-hybridized carbons (Fsp3) is 0.632. The van der Waals surface area contributed by atoms with Crippen molar-refractivity contribution >= 4 is 5.91 Å². The molecule has 0 aromatic heterocycles. The maximum Gasteiger partial charge on any atom is 0.248 e. The predicted molar refractivity (Wildman–Crippen MR) is 94.6 cm³/mol. The van der Waals surface area contributed by atoms with Gasteiger partial charge >= 0.3 is 0 Å². The van der Waals surface area contributed by atoms with Crippen molar-refractivity contribution in [3.8, 4) is 5.75 Å². The summed E-state index contributed by atoms with van der Waals surface area (Å²) < 4.78 is 16.4. The number of benzene rings is 1. The normalized spacial score (nSPS) is 24.7. The summed E-state index contributed by atoms with van der Waals surface area (Å²) >= 11 is 0. The van der Waals surface area contributed by atoms with Crippen LogP contribution in [0.4, 0.5) is 0 Å². The van der Waals surface area contributed by atoms with E-state index in [2.05, 4.69) is 17.0 Å². The summed E-state index contributed by atoms with van der Waals surface area (Å²) in [6.07, 6.45) is 1.20. The van der Waals surface area contributed by atoms with Gasteiger partial charge in [-0.3, -0.25) is 9.69 Å².